The van der Waals surface area contributed by atoms with Gasteiger partial charge in [0.25, 0.3) is 5.56 Å². The first-order valence-electron chi connectivity index (χ1n) is 9.85. The van der Waals surface area contributed by atoms with Crippen LogP contribution in [0.15, 0.2) is 53.3 Å². The summed E-state index contributed by atoms with van der Waals surface area (Å²) < 4.78 is 18.4. The summed E-state index contributed by atoms with van der Waals surface area (Å²) in [6.07, 6.45) is 0.816. The Bertz CT molecular complexity index is 1070. The minimum atomic E-state index is -0.285. The van der Waals surface area contributed by atoms with Crippen molar-refractivity contribution in [3.05, 3.63) is 81.4 Å². The van der Waals surface area contributed by atoms with Crippen molar-refractivity contribution < 1.29 is 9.13 Å². The highest BCUT2D eigenvalue weighted by molar-refractivity contribution is 7.80. The lowest BCUT2D eigenvalue weighted by molar-refractivity contribution is 0.195. The summed E-state index contributed by atoms with van der Waals surface area (Å²) in [4.78, 5) is 17.5. The molecule has 0 aliphatic heterocycles. The number of hydrogen-bond donors (Lipinski definition) is 2. The van der Waals surface area contributed by atoms with E-state index in [1.54, 1.807) is 19.2 Å². The summed E-state index contributed by atoms with van der Waals surface area (Å²) in [6.45, 7) is 4.12. The fourth-order valence-corrected chi connectivity index (χ4v) is 3.46. The average Bonchev–Trinajstić information content (AvgIpc) is 2.73. The number of rotatable bonds is 8. The number of aryl methyl sites for hydroxylation is 1. The number of ether oxygens (including phenoxy) is 1. The van der Waals surface area contributed by atoms with Gasteiger partial charge in [-0.25, -0.2) is 4.39 Å². The van der Waals surface area contributed by atoms with E-state index in [9.17, 15) is 9.18 Å². The van der Waals surface area contributed by atoms with E-state index in [2.05, 4.69) is 10.3 Å². The predicted octanol–water partition coefficient (Wildman–Crippen LogP) is 3.89. The van der Waals surface area contributed by atoms with Crippen molar-refractivity contribution in [3.8, 4) is 0 Å². The molecule has 158 valence electrons. The van der Waals surface area contributed by atoms with E-state index in [0.717, 1.165) is 28.5 Å². The van der Waals surface area contributed by atoms with E-state index in [1.807, 2.05) is 36.1 Å². The van der Waals surface area contributed by atoms with Crippen LogP contribution in [-0.2, 0) is 17.8 Å². The molecule has 3 aromatic rings. The molecule has 3 rings (SSSR count). The minimum Gasteiger partial charge on any atom is -0.385 e. The molecule has 0 aliphatic carbocycles. The Morgan fingerprint density at radius 1 is 1.17 bits per heavy atom. The first kappa shape index (κ1) is 21.9. The number of hydrogen-bond acceptors (Lipinski definition) is 3. The fraction of sp³-hybridized carbons (Fsp3) is 0.304. The van der Waals surface area contributed by atoms with Gasteiger partial charge in [0, 0.05) is 37.9 Å². The summed E-state index contributed by atoms with van der Waals surface area (Å²) in [6, 6.07) is 14.1. The normalized spacial score (nSPS) is 10.9. The van der Waals surface area contributed by atoms with Crippen LogP contribution in [0.4, 0.5) is 4.39 Å². The first-order valence-corrected chi connectivity index (χ1v) is 10.3. The van der Waals surface area contributed by atoms with Crippen LogP contribution >= 0.6 is 12.2 Å². The monoisotopic (exact) mass is 427 g/mol. The lowest BCUT2D eigenvalue weighted by atomic mass is 10.1. The van der Waals surface area contributed by atoms with Crippen molar-refractivity contribution in [1.29, 1.82) is 0 Å². The van der Waals surface area contributed by atoms with Gasteiger partial charge in [-0.2, -0.15) is 0 Å². The molecule has 1 aromatic heterocycles. The van der Waals surface area contributed by atoms with Crippen molar-refractivity contribution in [1.82, 2.24) is 15.2 Å². The van der Waals surface area contributed by atoms with Crippen LogP contribution in [0.2, 0.25) is 0 Å². The predicted molar refractivity (Wildman–Crippen MR) is 122 cm³/mol. The molecule has 0 radical (unpaired) electrons. The molecule has 0 saturated heterocycles. The Morgan fingerprint density at radius 2 is 1.93 bits per heavy atom. The zero-order chi connectivity index (χ0) is 21.5. The van der Waals surface area contributed by atoms with Crippen LogP contribution in [-0.4, -0.2) is 35.3 Å². The van der Waals surface area contributed by atoms with Crippen molar-refractivity contribution in [3.63, 3.8) is 0 Å². The number of aromatic nitrogens is 1. The molecule has 0 amide bonds. The van der Waals surface area contributed by atoms with E-state index < -0.39 is 0 Å². The molecule has 0 atom stereocenters. The number of aromatic amines is 1. The minimum absolute atomic E-state index is 0.141. The van der Waals surface area contributed by atoms with Gasteiger partial charge in [0.1, 0.15) is 5.82 Å². The summed E-state index contributed by atoms with van der Waals surface area (Å²) in [5.74, 6) is -0.285. The highest BCUT2D eigenvalue weighted by Gasteiger charge is 2.14. The third-order valence-electron chi connectivity index (χ3n) is 4.81. The molecule has 30 heavy (non-hydrogen) atoms. The largest absolute Gasteiger partial charge is 0.385 e. The second-order valence-corrected chi connectivity index (χ2v) is 7.66. The van der Waals surface area contributed by atoms with Crippen LogP contribution in [0, 0.1) is 12.7 Å². The lowest BCUT2D eigenvalue weighted by Gasteiger charge is -2.26. The van der Waals surface area contributed by atoms with Crippen LogP contribution in [0.1, 0.15) is 23.1 Å². The fourth-order valence-electron chi connectivity index (χ4n) is 3.23. The summed E-state index contributed by atoms with van der Waals surface area (Å²) >= 11 is 5.60. The molecule has 2 aromatic carbocycles. The molecular weight excluding hydrogens is 401 g/mol. The molecule has 7 heteroatoms. The Kier molecular flexibility index (Phi) is 7.54. The van der Waals surface area contributed by atoms with Gasteiger partial charge in [0.05, 0.1) is 6.54 Å². The Morgan fingerprint density at radius 3 is 2.67 bits per heavy atom. The molecule has 1 heterocycles. The van der Waals surface area contributed by atoms with Gasteiger partial charge in [0.15, 0.2) is 5.11 Å². The van der Waals surface area contributed by atoms with Crippen LogP contribution in [0.25, 0.3) is 10.9 Å². The molecule has 0 unspecified atom stereocenters. The number of fused-ring (bicyclic) bond motifs is 1. The van der Waals surface area contributed by atoms with E-state index in [4.69, 9.17) is 17.0 Å². The molecule has 0 fully saturated rings. The molecule has 2 N–H and O–H groups in total. The summed E-state index contributed by atoms with van der Waals surface area (Å²) in [5, 5.41) is 4.74. The van der Waals surface area contributed by atoms with Gasteiger partial charge in [-0.15, -0.1) is 0 Å². The SMILES string of the molecule is COCCCNC(=S)N(Cc1ccc(F)cc1)Cc1cc2cc(C)ccc2[nH]c1=O. The molecule has 0 aliphatic rings. The Labute approximate surface area is 180 Å². The van der Waals surface area contributed by atoms with E-state index in [0.29, 0.717) is 36.9 Å². The number of nitrogens with one attached hydrogen (secondary N) is 2. The molecule has 0 bridgehead atoms. The van der Waals surface area contributed by atoms with Crippen LogP contribution in [0.3, 0.4) is 0 Å². The second-order valence-electron chi connectivity index (χ2n) is 7.28. The quantitative estimate of drug-likeness (QED) is 0.422. The lowest BCUT2D eigenvalue weighted by Crippen LogP contribution is -2.40. The van der Waals surface area contributed by atoms with Gasteiger partial charge in [-0.3, -0.25) is 4.79 Å². The maximum atomic E-state index is 13.3. The van der Waals surface area contributed by atoms with E-state index >= 15 is 0 Å². The van der Waals surface area contributed by atoms with Gasteiger partial charge in [-0.05, 0) is 66.8 Å². The highest BCUT2D eigenvalue weighted by Crippen LogP contribution is 2.15. The number of H-pyrrole nitrogens is 1. The maximum absolute atomic E-state index is 13.3. The van der Waals surface area contributed by atoms with E-state index in [-0.39, 0.29) is 11.4 Å². The topological polar surface area (TPSA) is 57.4 Å². The number of pyridine rings is 1. The smallest absolute Gasteiger partial charge is 0.253 e. The van der Waals surface area contributed by atoms with Gasteiger partial charge in [0.2, 0.25) is 0 Å². The second kappa shape index (κ2) is 10.3. The number of methoxy groups -OCH3 is 1. The van der Waals surface area contributed by atoms with Crippen LogP contribution < -0.4 is 10.9 Å². The average molecular weight is 428 g/mol. The molecule has 5 nitrogen and oxygen atoms in total. The van der Waals surface area contributed by atoms with Gasteiger partial charge >= 0.3 is 0 Å². The standard InChI is InChI=1S/C23H26FN3O2S/c1-16-4-9-21-18(12-16)13-19(22(28)26-21)15-27(23(30)25-10-3-11-29-2)14-17-5-7-20(24)8-6-17/h4-9,12-13H,3,10-11,14-15H2,1-2H3,(H,25,30)(H,26,28). The molecule has 0 saturated carbocycles. The number of benzene rings is 2. The third kappa shape index (κ3) is 5.87. The van der Waals surface area contributed by atoms with Gasteiger partial charge in [-0.1, -0.05) is 23.8 Å². The third-order valence-corrected chi connectivity index (χ3v) is 5.22. The highest BCUT2D eigenvalue weighted by atomic mass is 32.1. The van der Waals surface area contributed by atoms with Crippen molar-refractivity contribution >= 4 is 28.2 Å². The van der Waals surface area contributed by atoms with E-state index in [1.165, 1.54) is 12.1 Å². The summed E-state index contributed by atoms with van der Waals surface area (Å²) in [7, 11) is 1.66. The zero-order valence-electron chi connectivity index (χ0n) is 17.2. The van der Waals surface area contributed by atoms with Crippen molar-refractivity contribution in [2.75, 3.05) is 20.3 Å². The van der Waals surface area contributed by atoms with Crippen LogP contribution in [0.5, 0.6) is 0 Å². The number of halogens is 1. The Balaban J connectivity index is 1.84. The zero-order valence-corrected chi connectivity index (χ0v) is 18.0. The number of thiocarbonyl (C=S) groups is 1. The van der Waals surface area contributed by atoms with Crippen molar-refractivity contribution in [2.24, 2.45) is 0 Å². The van der Waals surface area contributed by atoms with Gasteiger partial charge < -0.3 is 19.9 Å². The number of nitrogens with zero attached hydrogens (tertiary/aromatic N) is 1. The molecule has 0 spiro atoms. The van der Waals surface area contributed by atoms with Crippen molar-refractivity contribution in [2.45, 2.75) is 26.4 Å². The first-order chi connectivity index (χ1) is 14.5. The molecular formula is C23H26FN3O2S. The maximum Gasteiger partial charge on any atom is 0.253 e. The Hall–Kier alpha value is -2.77. The summed E-state index contributed by atoms with van der Waals surface area (Å²) in [5.41, 5.74) is 3.32.